The van der Waals surface area contributed by atoms with Gasteiger partial charge >= 0.3 is 0 Å². The summed E-state index contributed by atoms with van der Waals surface area (Å²) in [5, 5.41) is 23.6. The SMILES string of the molecule is CC(C)C(Nc1nc(Nc2cccc(-n3nccn3)c2)c(C(N)=O)cc1C#N)C(N)=O. The Balaban J connectivity index is 2.03. The molecule has 31 heavy (non-hydrogen) atoms. The Kier molecular flexibility index (Phi) is 6.11. The number of pyridine rings is 1. The lowest BCUT2D eigenvalue weighted by Crippen LogP contribution is -2.40. The molecule has 3 aromatic rings. The van der Waals surface area contributed by atoms with Crippen LogP contribution in [0.1, 0.15) is 29.8 Å². The van der Waals surface area contributed by atoms with E-state index in [1.54, 1.807) is 50.5 Å². The maximum absolute atomic E-state index is 12.0. The molecule has 2 aromatic heterocycles. The number of carbonyl (C=O) groups is 2. The molecule has 0 aliphatic rings. The fraction of sp³-hybridized carbons (Fsp3) is 0.200. The molecule has 2 heterocycles. The van der Waals surface area contributed by atoms with Crippen LogP contribution >= 0.6 is 0 Å². The van der Waals surface area contributed by atoms with Gasteiger partial charge in [-0.25, -0.2) is 4.98 Å². The smallest absolute Gasteiger partial charge is 0.252 e. The molecule has 0 aliphatic heterocycles. The van der Waals surface area contributed by atoms with Crippen LogP contribution in [0.2, 0.25) is 0 Å². The number of hydrogen-bond donors (Lipinski definition) is 4. The third kappa shape index (κ3) is 4.76. The minimum absolute atomic E-state index is 0.0184. The normalized spacial score (nSPS) is 11.5. The van der Waals surface area contributed by atoms with E-state index in [4.69, 9.17) is 11.5 Å². The van der Waals surface area contributed by atoms with Crippen molar-refractivity contribution in [3.63, 3.8) is 0 Å². The fourth-order valence-corrected chi connectivity index (χ4v) is 2.90. The number of nitrogens with one attached hydrogen (secondary N) is 2. The van der Waals surface area contributed by atoms with Gasteiger partial charge in [-0.15, -0.1) is 0 Å². The van der Waals surface area contributed by atoms with Crippen molar-refractivity contribution in [2.45, 2.75) is 19.9 Å². The summed E-state index contributed by atoms with van der Waals surface area (Å²) in [6, 6.07) is 9.60. The van der Waals surface area contributed by atoms with Crippen LogP contribution in [0, 0.1) is 17.2 Å². The molecule has 0 bridgehead atoms. The number of anilines is 3. The average molecular weight is 419 g/mol. The highest BCUT2D eigenvalue weighted by Crippen LogP contribution is 2.26. The molecular formula is C20H21N9O2. The number of nitriles is 1. The number of amides is 2. The van der Waals surface area contributed by atoms with E-state index in [-0.39, 0.29) is 28.7 Å². The first-order valence-electron chi connectivity index (χ1n) is 9.34. The number of hydrogen-bond acceptors (Lipinski definition) is 8. The van der Waals surface area contributed by atoms with Gasteiger partial charge in [-0.3, -0.25) is 9.59 Å². The molecule has 0 saturated heterocycles. The summed E-state index contributed by atoms with van der Waals surface area (Å²) in [7, 11) is 0. The van der Waals surface area contributed by atoms with Crippen LogP contribution in [0.5, 0.6) is 0 Å². The minimum atomic E-state index is -0.766. The topological polar surface area (TPSA) is 178 Å². The van der Waals surface area contributed by atoms with Gasteiger partial charge in [0.05, 0.1) is 29.2 Å². The summed E-state index contributed by atoms with van der Waals surface area (Å²) in [6.45, 7) is 3.61. The summed E-state index contributed by atoms with van der Waals surface area (Å²) in [6.07, 6.45) is 3.10. The van der Waals surface area contributed by atoms with Gasteiger partial charge < -0.3 is 22.1 Å². The van der Waals surface area contributed by atoms with Gasteiger partial charge in [-0.2, -0.15) is 20.3 Å². The predicted molar refractivity (Wildman–Crippen MR) is 114 cm³/mol. The van der Waals surface area contributed by atoms with Crippen molar-refractivity contribution in [1.29, 1.82) is 5.26 Å². The Morgan fingerprint density at radius 1 is 1.13 bits per heavy atom. The van der Waals surface area contributed by atoms with E-state index in [0.29, 0.717) is 11.4 Å². The first kappa shape index (κ1) is 21.3. The highest BCUT2D eigenvalue weighted by molar-refractivity contribution is 5.99. The van der Waals surface area contributed by atoms with E-state index in [1.807, 2.05) is 6.07 Å². The van der Waals surface area contributed by atoms with E-state index < -0.39 is 17.9 Å². The second kappa shape index (κ2) is 8.91. The first-order valence-corrected chi connectivity index (χ1v) is 9.34. The highest BCUT2D eigenvalue weighted by atomic mass is 16.1. The van der Waals surface area contributed by atoms with Gasteiger partial charge in [0.2, 0.25) is 5.91 Å². The van der Waals surface area contributed by atoms with Crippen molar-refractivity contribution in [2.24, 2.45) is 17.4 Å². The van der Waals surface area contributed by atoms with E-state index in [1.165, 1.54) is 10.9 Å². The summed E-state index contributed by atoms with van der Waals surface area (Å²) < 4.78 is 0. The molecule has 0 fully saturated rings. The molecule has 1 unspecified atom stereocenters. The van der Waals surface area contributed by atoms with E-state index in [0.717, 1.165) is 0 Å². The molecule has 0 saturated carbocycles. The molecule has 11 heteroatoms. The Labute approximate surface area is 178 Å². The molecule has 0 radical (unpaired) electrons. The van der Waals surface area contributed by atoms with Crippen molar-refractivity contribution < 1.29 is 9.59 Å². The zero-order chi connectivity index (χ0) is 22.5. The standard InChI is InChI=1S/C20H21N9O2/c1-11(2)16(18(23)31)27-19-12(10-21)8-15(17(22)30)20(28-19)26-13-4-3-5-14(9-13)29-24-6-7-25-29/h3-9,11,16H,1-2H3,(H2,22,30)(H2,23,31)(H2,26,27,28). The van der Waals surface area contributed by atoms with Crippen LogP contribution in [-0.2, 0) is 4.79 Å². The Morgan fingerprint density at radius 2 is 1.84 bits per heavy atom. The van der Waals surface area contributed by atoms with Crippen molar-refractivity contribution in [1.82, 2.24) is 20.0 Å². The maximum atomic E-state index is 12.0. The predicted octanol–water partition coefficient (Wildman–Crippen LogP) is 1.30. The molecule has 6 N–H and O–H groups in total. The lowest BCUT2D eigenvalue weighted by molar-refractivity contribution is -0.119. The Morgan fingerprint density at radius 3 is 2.42 bits per heavy atom. The molecule has 3 rings (SSSR count). The van der Waals surface area contributed by atoms with Crippen molar-refractivity contribution >= 4 is 29.1 Å². The minimum Gasteiger partial charge on any atom is -0.368 e. The number of benzene rings is 1. The number of aromatic nitrogens is 4. The lowest BCUT2D eigenvalue weighted by atomic mass is 10.0. The van der Waals surface area contributed by atoms with Crippen LogP contribution in [0.4, 0.5) is 17.3 Å². The maximum Gasteiger partial charge on any atom is 0.252 e. The number of nitrogens with two attached hydrogens (primary N) is 2. The summed E-state index contributed by atoms with van der Waals surface area (Å²) in [5.41, 5.74) is 12.3. The monoisotopic (exact) mass is 419 g/mol. The van der Waals surface area contributed by atoms with Crippen molar-refractivity contribution in [3.05, 3.63) is 53.9 Å². The van der Waals surface area contributed by atoms with Crippen LogP contribution in [0.15, 0.2) is 42.7 Å². The van der Waals surface area contributed by atoms with Gasteiger partial charge in [0.25, 0.3) is 5.91 Å². The van der Waals surface area contributed by atoms with Crippen molar-refractivity contribution in [3.8, 4) is 11.8 Å². The first-order chi connectivity index (χ1) is 14.8. The number of nitrogens with zero attached hydrogens (tertiary/aromatic N) is 5. The van der Waals surface area contributed by atoms with Crippen LogP contribution in [0.25, 0.3) is 5.69 Å². The zero-order valence-electron chi connectivity index (χ0n) is 16.9. The Hall–Kier alpha value is -4.46. The molecule has 0 aliphatic carbocycles. The quantitative estimate of drug-likeness (QED) is 0.422. The lowest BCUT2D eigenvalue weighted by Gasteiger charge is -2.21. The fourth-order valence-electron chi connectivity index (χ4n) is 2.90. The van der Waals surface area contributed by atoms with Gasteiger partial charge in [0, 0.05) is 5.69 Å². The molecule has 0 spiro atoms. The van der Waals surface area contributed by atoms with Gasteiger partial charge in [0.1, 0.15) is 23.7 Å². The molecular weight excluding hydrogens is 398 g/mol. The molecule has 11 nitrogen and oxygen atoms in total. The summed E-state index contributed by atoms with van der Waals surface area (Å²) >= 11 is 0. The average Bonchev–Trinajstić information content (AvgIpc) is 3.26. The molecule has 1 atom stereocenters. The van der Waals surface area contributed by atoms with E-state index in [2.05, 4.69) is 25.8 Å². The van der Waals surface area contributed by atoms with Gasteiger partial charge in [0.15, 0.2) is 0 Å². The van der Waals surface area contributed by atoms with Crippen LogP contribution in [0.3, 0.4) is 0 Å². The van der Waals surface area contributed by atoms with Crippen LogP contribution in [-0.4, -0.2) is 37.8 Å². The highest BCUT2D eigenvalue weighted by Gasteiger charge is 2.23. The van der Waals surface area contributed by atoms with E-state index in [9.17, 15) is 14.9 Å². The third-order valence-corrected chi connectivity index (χ3v) is 4.43. The van der Waals surface area contributed by atoms with Crippen molar-refractivity contribution in [2.75, 3.05) is 10.6 Å². The van der Waals surface area contributed by atoms with Gasteiger partial charge in [-0.1, -0.05) is 19.9 Å². The largest absolute Gasteiger partial charge is 0.368 e. The summed E-state index contributed by atoms with van der Waals surface area (Å²) in [4.78, 5) is 29.6. The van der Waals surface area contributed by atoms with Gasteiger partial charge in [-0.05, 0) is 30.2 Å². The number of primary amides is 2. The second-order valence-electron chi connectivity index (χ2n) is 7.02. The number of carbonyl (C=O) groups excluding carboxylic acids is 2. The Bertz CT molecular complexity index is 1150. The third-order valence-electron chi connectivity index (χ3n) is 4.43. The zero-order valence-corrected chi connectivity index (χ0v) is 16.9. The second-order valence-corrected chi connectivity index (χ2v) is 7.02. The molecule has 158 valence electrons. The van der Waals surface area contributed by atoms with E-state index >= 15 is 0 Å². The molecule has 2 amide bonds. The van der Waals surface area contributed by atoms with Crippen LogP contribution < -0.4 is 22.1 Å². The summed E-state index contributed by atoms with van der Waals surface area (Å²) in [5.74, 6) is -1.29. The number of rotatable bonds is 8. The molecule has 1 aromatic carbocycles.